The predicted molar refractivity (Wildman–Crippen MR) is 117 cm³/mol. The van der Waals surface area contributed by atoms with Crippen molar-refractivity contribution in [3.8, 4) is 0 Å². The van der Waals surface area contributed by atoms with Crippen LogP contribution in [-0.4, -0.2) is 63.6 Å². The topological polar surface area (TPSA) is 201 Å². The second kappa shape index (κ2) is 11.8. The molecule has 0 unspecified atom stereocenters. The summed E-state index contributed by atoms with van der Waals surface area (Å²) >= 11 is 0. The van der Waals surface area contributed by atoms with Gasteiger partial charge in [0.15, 0.2) is 0 Å². The molecule has 0 aliphatic rings. The molecule has 2 rings (SSSR count). The molecule has 2 amide bonds. The third-order valence-electron chi connectivity index (χ3n) is 5.02. The van der Waals surface area contributed by atoms with Crippen molar-refractivity contribution < 1.29 is 29.4 Å². The van der Waals surface area contributed by atoms with Crippen LogP contribution in [0.2, 0.25) is 0 Å². The summed E-state index contributed by atoms with van der Waals surface area (Å²) in [5, 5.41) is 24.0. The Hall–Kier alpha value is -3.44. The molecule has 32 heavy (non-hydrogen) atoms. The average Bonchev–Trinajstić information content (AvgIpc) is 3.14. The number of fused-ring (bicyclic) bond motifs is 1. The first kappa shape index (κ1) is 24.8. The second-order valence-electron chi connectivity index (χ2n) is 7.51. The van der Waals surface area contributed by atoms with E-state index in [0.29, 0.717) is 19.4 Å². The van der Waals surface area contributed by atoms with Gasteiger partial charge in [-0.1, -0.05) is 18.2 Å². The number of carbonyl (C=O) groups excluding carboxylic acids is 2. The van der Waals surface area contributed by atoms with Crippen LogP contribution in [-0.2, 0) is 25.6 Å². The van der Waals surface area contributed by atoms with Gasteiger partial charge >= 0.3 is 11.9 Å². The van der Waals surface area contributed by atoms with E-state index >= 15 is 0 Å². The van der Waals surface area contributed by atoms with Crippen molar-refractivity contribution in [3.05, 3.63) is 36.0 Å². The van der Waals surface area contributed by atoms with E-state index in [1.807, 2.05) is 24.3 Å². The number of hydrogen-bond donors (Lipinski definition) is 7. The standard InChI is InChI=1S/C21H29N5O6/c22-8-4-3-7-16(21(31)32)25-20(30)17(10-18(27)28)26-19(29)14(23)9-12-11-24-15-6-2-1-5-13(12)15/h1-2,5-6,11,14,16-17,24H,3-4,7-10,22-23H2,(H,25,30)(H,26,29)(H,27,28)(H,31,32)/t14-,16-,17-/m0/s1. The summed E-state index contributed by atoms with van der Waals surface area (Å²) in [5.74, 6) is -4.20. The zero-order chi connectivity index (χ0) is 23.7. The Morgan fingerprint density at radius 2 is 1.69 bits per heavy atom. The van der Waals surface area contributed by atoms with Crippen molar-refractivity contribution in [2.75, 3.05) is 6.54 Å². The number of carboxylic acid groups (broad SMARTS) is 2. The molecule has 0 radical (unpaired) electrons. The molecule has 1 aromatic carbocycles. The third kappa shape index (κ3) is 7.06. The largest absolute Gasteiger partial charge is 0.481 e. The molecule has 9 N–H and O–H groups in total. The van der Waals surface area contributed by atoms with Crippen molar-refractivity contribution in [2.45, 2.75) is 50.2 Å². The molecule has 0 spiro atoms. The maximum Gasteiger partial charge on any atom is 0.326 e. The first-order valence-electron chi connectivity index (χ1n) is 10.3. The monoisotopic (exact) mass is 447 g/mol. The van der Waals surface area contributed by atoms with Crippen LogP contribution in [0.4, 0.5) is 0 Å². The summed E-state index contributed by atoms with van der Waals surface area (Å²) < 4.78 is 0. The number of rotatable bonds is 13. The summed E-state index contributed by atoms with van der Waals surface area (Å²) in [7, 11) is 0. The van der Waals surface area contributed by atoms with Gasteiger partial charge in [0, 0.05) is 17.1 Å². The van der Waals surface area contributed by atoms with Gasteiger partial charge in [-0.15, -0.1) is 0 Å². The molecule has 0 aliphatic carbocycles. The Morgan fingerprint density at radius 3 is 2.34 bits per heavy atom. The van der Waals surface area contributed by atoms with E-state index in [2.05, 4.69) is 15.6 Å². The molecule has 174 valence electrons. The molecule has 0 fully saturated rings. The summed E-state index contributed by atoms with van der Waals surface area (Å²) in [5.41, 5.74) is 13.1. The lowest BCUT2D eigenvalue weighted by molar-refractivity contribution is -0.143. The van der Waals surface area contributed by atoms with Gasteiger partial charge in [-0.25, -0.2) is 4.79 Å². The summed E-state index contributed by atoms with van der Waals surface area (Å²) in [6, 6.07) is 3.74. The fourth-order valence-electron chi connectivity index (χ4n) is 3.32. The number of aliphatic carboxylic acids is 2. The van der Waals surface area contributed by atoms with Crippen molar-refractivity contribution in [3.63, 3.8) is 0 Å². The van der Waals surface area contributed by atoms with Crippen molar-refractivity contribution in [2.24, 2.45) is 11.5 Å². The summed E-state index contributed by atoms with van der Waals surface area (Å²) in [6.45, 7) is 0.381. The molecule has 11 heteroatoms. The number of carbonyl (C=O) groups is 4. The number of benzene rings is 1. The normalized spacial score (nSPS) is 13.8. The molecule has 0 aliphatic heterocycles. The Balaban J connectivity index is 2.04. The van der Waals surface area contributed by atoms with Gasteiger partial charge in [-0.3, -0.25) is 14.4 Å². The van der Waals surface area contributed by atoms with Crippen LogP contribution in [0.3, 0.4) is 0 Å². The number of carboxylic acids is 2. The van der Waals surface area contributed by atoms with Crippen LogP contribution in [0.5, 0.6) is 0 Å². The fraction of sp³-hybridized carbons (Fsp3) is 0.429. The fourth-order valence-corrected chi connectivity index (χ4v) is 3.32. The number of aromatic nitrogens is 1. The van der Waals surface area contributed by atoms with Gasteiger partial charge in [0.2, 0.25) is 11.8 Å². The number of aromatic amines is 1. The van der Waals surface area contributed by atoms with Crippen molar-refractivity contribution >= 4 is 34.7 Å². The van der Waals surface area contributed by atoms with E-state index in [4.69, 9.17) is 16.6 Å². The highest BCUT2D eigenvalue weighted by Crippen LogP contribution is 2.18. The van der Waals surface area contributed by atoms with Crippen LogP contribution < -0.4 is 22.1 Å². The Bertz CT molecular complexity index is 959. The Labute approximate surface area is 184 Å². The van der Waals surface area contributed by atoms with Crippen LogP contribution in [0.1, 0.15) is 31.2 Å². The Morgan fingerprint density at radius 1 is 1.00 bits per heavy atom. The lowest BCUT2D eigenvalue weighted by Gasteiger charge is -2.22. The molecule has 11 nitrogen and oxygen atoms in total. The van der Waals surface area contributed by atoms with E-state index in [-0.39, 0.29) is 12.8 Å². The summed E-state index contributed by atoms with van der Waals surface area (Å²) in [6.07, 6.45) is 2.36. The molecular weight excluding hydrogens is 418 g/mol. The molecule has 0 bridgehead atoms. The first-order chi connectivity index (χ1) is 15.2. The maximum atomic E-state index is 12.6. The van der Waals surface area contributed by atoms with Gasteiger partial charge in [0.1, 0.15) is 12.1 Å². The Kier molecular flexibility index (Phi) is 9.17. The number of H-pyrrole nitrogens is 1. The van der Waals surface area contributed by atoms with Gasteiger partial charge in [-0.05, 0) is 43.9 Å². The highest BCUT2D eigenvalue weighted by molar-refractivity contribution is 5.94. The van der Waals surface area contributed by atoms with Gasteiger partial charge in [-0.2, -0.15) is 0 Å². The minimum atomic E-state index is -1.47. The highest BCUT2D eigenvalue weighted by Gasteiger charge is 2.29. The molecule has 0 saturated heterocycles. The SMILES string of the molecule is NCCCC[C@H](NC(=O)[C@H](CC(=O)O)NC(=O)[C@@H](N)Cc1c[nH]c2ccccc12)C(=O)O. The number of hydrogen-bond acceptors (Lipinski definition) is 6. The van der Waals surface area contributed by atoms with Crippen LogP contribution in [0, 0.1) is 0 Å². The predicted octanol–water partition coefficient (Wildman–Crippen LogP) is -0.304. The lowest BCUT2D eigenvalue weighted by Crippen LogP contribution is -2.55. The van der Waals surface area contributed by atoms with Crippen LogP contribution in [0.15, 0.2) is 30.5 Å². The van der Waals surface area contributed by atoms with Gasteiger partial charge in [0.25, 0.3) is 0 Å². The number of amides is 2. The van der Waals surface area contributed by atoms with E-state index in [9.17, 15) is 24.3 Å². The molecule has 1 heterocycles. The molecular formula is C21H29N5O6. The lowest BCUT2D eigenvalue weighted by atomic mass is 10.0. The van der Waals surface area contributed by atoms with E-state index in [1.165, 1.54) is 0 Å². The smallest absolute Gasteiger partial charge is 0.326 e. The van der Waals surface area contributed by atoms with E-state index in [1.54, 1.807) is 6.20 Å². The molecule has 1 aromatic heterocycles. The number of para-hydroxylation sites is 1. The highest BCUT2D eigenvalue weighted by atomic mass is 16.4. The number of unbranched alkanes of at least 4 members (excludes halogenated alkanes) is 1. The third-order valence-corrected chi connectivity index (χ3v) is 5.02. The van der Waals surface area contributed by atoms with Crippen molar-refractivity contribution in [1.82, 2.24) is 15.6 Å². The van der Waals surface area contributed by atoms with Crippen LogP contribution >= 0.6 is 0 Å². The average molecular weight is 447 g/mol. The first-order valence-corrected chi connectivity index (χ1v) is 10.3. The van der Waals surface area contributed by atoms with Crippen LogP contribution in [0.25, 0.3) is 10.9 Å². The second-order valence-corrected chi connectivity index (χ2v) is 7.51. The minimum absolute atomic E-state index is 0.131. The maximum absolute atomic E-state index is 12.6. The van der Waals surface area contributed by atoms with E-state index < -0.39 is 48.3 Å². The zero-order valence-electron chi connectivity index (χ0n) is 17.5. The molecule has 2 aromatic rings. The molecule has 3 atom stereocenters. The van der Waals surface area contributed by atoms with E-state index in [0.717, 1.165) is 16.5 Å². The quantitative estimate of drug-likeness (QED) is 0.203. The number of nitrogens with two attached hydrogens (primary N) is 2. The van der Waals surface area contributed by atoms with Gasteiger partial charge in [0.05, 0.1) is 12.5 Å². The zero-order valence-corrected chi connectivity index (χ0v) is 17.5. The minimum Gasteiger partial charge on any atom is -0.481 e. The number of nitrogens with one attached hydrogen (secondary N) is 3. The van der Waals surface area contributed by atoms with Crippen molar-refractivity contribution in [1.29, 1.82) is 0 Å². The molecule has 0 saturated carbocycles. The van der Waals surface area contributed by atoms with Gasteiger partial charge < -0.3 is 37.3 Å². The summed E-state index contributed by atoms with van der Waals surface area (Å²) in [4.78, 5) is 50.8.